The molecule has 102 valence electrons. The van der Waals surface area contributed by atoms with Gasteiger partial charge in [-0.25, -0.2) is 0 Å². The maximum absolute atomic E-state index is 10.7. The van der Waals surface area contributed by atoms with Crippen molar-refractivity contribution >= 4 is 28.7 Å². The summed E-state index contributed by atoms with van der Waals surface area (Å²) in [7, 11) is 0. The van der Waals surface area contributed by atoms with Gasteiger partial charge >= 0.3 is 0 Å². The first kappa shape index (κ1) is 14.0. The monoisotopic (exact) mass is 289 g/mol. The molecule has 0 saturated carbocycles. The second kappa shape index (κ2) is 6.16. The van der Waals surface area contributed by atoms with Gasteiger partial charge in [-0.3, -0.25) is 15.5 Å². The van der Waals surface area contributed by atoms with Gasteiger partial charge < -0.3 is 0 Å². The molecular weight excluding hydrogens is 278 g/mol. The Morgan fingerprint density at radius 1 is 1.25 bits per heavy atom. The van der Waals surface area contributed by atoms with Crippen LogP contribution in [0.5, 0.6) is 0 Å². The highest BCUT2D eigenvalue weighted by atomic mass is 35.5. The fraction of sp³-hybridized carbons (Fsp3) is 0.0714. The molecule has 0 radical (unpaired) electrons. The molecule has 0 aliphatic rings. The molecule has 0 amide bonds. The predicted molar refractivity (Wildman–Crippen MR) is 80.4 cm³/mol. The van der Waals surface area contributed by atoms with Gasteiger partial charge in [0.1, 0.15) is 0 Å². The summed E-state index contributed by atoms with van der Waals surface area (Å²) in [5, 5.41) is 15.5. The normalized spacial score (nSPS) is 11.2. The lowest BCUT2D eigenvalue weighted by molar-refractivity contribution is -0.384. The van der Waals surface area contributed by atoms with E-state index in [2.05, 4.69) is 10.5 Å². The number of nitro groups is 1. The summed E-state index contributed by atoms with van der Waals surface area (Å²) in [6.07, 6.45) is 0. The van der Waals surface area contributed by atoms with Gasteiger partial charge in [0.15, 0.2) is 0 Å². The van der Waals surface area contributed by atoms with E-state index in [4.69, 9.17) is 11.6 Å². The fourth-order valence-corrected chi connectivity index (χ4v) is 1.92. The largest absolute Gasteiger partial charge is 0.278 e. The van der Waals surface area contributed by atoms with Gasteiger partial charge in [-0.2, -0.15) is 5.10 Å². The first-order valence-electron chi connectivity index (χ1n) is 5.87. The van der Waals surface area contributed by atoms with E-state index < -0.39 is 4.92 Å². The molecule has 0 aromatic heterocycles. The number of nitrogens with one attached hydrogen (secondary N) is 1. The maximum Gasteiger partial charge on any atom is 0.271 e. The number of benzene rings is 2. The average Bonchev–Trinajstić information content (AvgIpc) is 2.45. The molecule has 0 heterocycles. The van der Waals surface area contributed by atoms with E-state index in [1.54, 1.807) is 18.2 Å². The Bertz CT molecular complexity index is 671. The second-order valence-corrected chi connectivity index (χ2v) is 4.50. The third-order valence-corrected chi connectivity index (χ3v) is 3.00. The van der Waals surface area contributed by atoms with E-state index in [0.29, 0.717) is 16.4 Å². The average molecular weight is 290 g/mol. The number of nitrogens with zero attached hydrogens (tertiary/aromatic N) is 2. The zero-order chi connectivity index (χ0) is 14.5. The Morgan fingerprint density at radius 2 is 2.00 bits per heavy atom. The minimum atomic E-state index is -0.449. The Kier molecular flexibility index (Phi) is 4.32. The lowest BCUT2D eigenvalue weighted by Crippen LogP contribution is -2.00. The van der Waals surface area contributed by atoms with Crippen LogP contribution < -0.4 is 5.43 Å². The minimum absolute atomic E-state index is 0.0144. The number of hydrazone groups is 1. The van der Waals surface area contributed by atoms with Crippen LogP contribution in [0.25, 0.3) is 0 Å². The SMILES string of the molecule is CC(=NNc1cccc([N+](=O)[O-])c1)c1ccccc1Cl. The molecule has 0 aliphatic heterocycles. The van der Waals surface area contributed by atoms with Crippen LogP contribution in [0, 0.1) is 10.1 Å². The van der Waals surface area contributed by atoms with Crippen molar-refractivity contribution in [3.05, 3.63) is 69.2 Å². The van der Waals surface area contributed by atoms with E-state index in [0.717, 1.165) is 5.56 Å². The van der Waals surface area contributed by atoms with Crippen LogP contribution >= 0.6 is 11.6 Å². The van der Waals surface area contributed by atoms with Crippen LogP contribution in [-0.4, -0.2) is 10.6 Å². The van der Waals surface area contributed by atoms with Crippen molar-refractivity contribution in [2.75, 3.05) is 5.43 Å². The Morgan fingerprint density at radius 3 is 2.70 bits per heavy atom. The van der Waals surface area contributed by atoms with E-state index in [1.807, 2.05) is 25.1 Å². The molecule has 0 aliphatic carbocycles. The zero-order valence-corrected chi connectivity index (χ0v) is 11.5. The molecular formula is C14H12ClN3O2. The van der Waals surface area contributed by atoms with E-state index in [-0.39, 0.29) is 5.69 Å². The van der Waals surface area contributed by atoms with Gasteiger partial charge in [0, 0.05) is 22.7 Å². The van der Waals surface area contributed by atoms with Crippen LogP contribution in [0.3, 0.4) is 0 Å². The molecule has 5 nitrogen and oxygen atoms in total. The summed E-state index contributed by atoms with van der Waals surface area (Å²) in [4.78, 5) is 10.2. The van der Waals surface area contributed by atoms with Gasteiger partial charge in [-0.15, -0.1) is 0 Å². The summed E-state index contributed by atoms with van der Waals surface area (Å²) in [6, 6.07) is 13.5. The molecule has 0 unspecified atom stereocenters. The highest BCUT2D eigenvalue weighted by molar-refractivity contribution is 6.34. The summed E-state index contributed by atoms with van der Waals surface area (Å²) in [5.74, 6) is 0. The van der Waals surface area contributed by atoms with Crippen molar-refractivity contribution < 1.29 is 4.92 Å². The van der Waals surface area contributed by atoms with E-state index in [1.165, 1.54) is 12.1 Å². The van der Waals surface area contributed by atoms with Crippen LogP contribution in [-0.2, 0) is 0 Å². The van der Waals surface area contributed by atoms with Crippen molar-refractivity contribution in [2.45, 2.75) is 6.92 Å². The number of halogens is 1. The molecule has 0 saturated heterocycles. The summed E-state index contributed by atoms with van der Waals surface area (Å²) in [6.45, 7) is 1.81. The van der Waals surface area contributed by atoms with E-state index >= 15 is 0 Å². The van der Waals surface area contributed by atoms with Crippen molar-refractivity contribution in [1.82, 2.24) is 0 Å². The van der Waals surface area contributed by atoms with Gasteiger partial charge in [-0.05, 0) is 19.1 Å². The maximum atomic E-state index is 10.7. The van der Waals surface area contributed by atoms with Crippen LogP contribution in [0.2, 0.25) is 5.02 Å². The molecule has 2 rings (SSSR count). The predicted octanol–water partition coefficient (Wildman–Crippen LogP) is 4.08. The third kappa shape index (κ3) is 3.33. The van der Waals surface area contributed by atoms with E-state index in [9.17, 15) is 10.1 Å². The van der Waals surface area contributed by atoms with Crippen LogP contribution in [0.15, 0.2) is 53.6 Å². The molecule has 2 aromatic carbocycles. The highest BCUT2D eigenvalue weighted by Crippen LogP contribution is 2.18. The fourth-order valence-electron chi connectivity index (χ4n) is 1.65. The van der Waals surface area contributed by atoms with Crippen molar-refractivity contribution in [1.29, 1.82) is 0 Å². The van der Waals surface area contributed by atoms with Gasteiger partial charge in [0.25, 0.3) is 5.69 Å². The first-order chi connectivity index (χ1) is 9.58. The summed E-state index contributed by atoms with van der Waals surface area (Å²) >= 11 is 6.07. The quantitative estimate of drug-likeness (QED) is 0.524. The standard InChI is InChI=1S/C14H12ClN3O2/c1-10(13-7-2-3-8-14(13)15)16-17-11-5-4-6-12(9-11)18(19)20/h2-9,17H,1H3. The number of hydrogen-bond donors (Lipinski definition) is 1. The Hall–Kier alpha value is -2.40. The lowest BCUT2D eigenvalue weighted by Gasteiger charge is -2.05. The number of nitro benzene ring substituents is 1. The summed E-state index contributed by atoms with van der Waals surface area (Å²) < 4.78 is 0. The first-order valence-corrected chi connectivity index (χ1v) is 6.25. The van der Waals surface area contributed by atoms with Crippen molar-refractivity contribution in [2.24, 2.45) is 5.10 Å². The number of anilines is 1. The van der Waals surface area contributed by atoms with Gasteiger partial charge in [-0.1, -0.05) is 35.9 Å². The molecule has 0 spiro atoms. The van der Waals surface area contributed by atoms with Gasteiger partial charge in [0.05, 0.1) is 16.3 Å². The molecule has 20 heavy (non-hydrogen) atoms. The molecule has 0 atom stereocenters. The van der Waals surface area contributed by atoms with Crippen molar-refractivity contribution in [3.63, 3.8) is 0 Å². The topological polar surface area (TPSA) is 67.5 Å². The number of hydrogen-bond acceptors (Lipinski definition) is 4. The number of rotatable bonds is 4. The smallest absolute Gasteiger partial charge is 0.271 e. The highest BCUT2D eigenvalue weighted by Gasteiger charge is 2.06. The zero-order valence-electron chi connectivity index (χ0n) is 10.7. The molecule has 2 aromatic rings. The van der Waals surface area contributed by atoms with Crippen molar-refractivity contribution in [3.8, 4) is 0 Å². The molecule has 0 fully saturated rings. The van der Waals surface area contributed by atoms with Crippen LogP contribution in [0.1, 0.15) is 12.5 Å². The van der Waals surface area contributed by atoms with Gasteiger partial charge in [0.2, 0.25) is 0 Å². The minimum Gasteiger partial charge on any atom is -0.278 e. The lowest BCUT2D eigenvalue weighted by atomic mass is 10.1. The third-order valence-electron chi connectivity index (χ3n) is 2.67. The molecule has 6 heteroatoms. The number of non-ortho nitro benzene ring substituents is 1. The Balaban J connectivity index is 2.19. The second-order valence-electron chi connectivity index (χ2n) is 4.10. The Labute approximate surface area is 121 Å². The molecule has 0 bridgehead atoms. The molecule has 1 N–H and O–H groups in total. The van der Waals surface area contributed by atoms with Crippen LogP contribution in [0.4, 0.5) is 11.4 Å². The summed E-state index contributed by atoms with van der Waals surface area (Å²) in [5.41, 5.74) is 4.86.